The van der Waals surface area contributed by atoms with Crippen LogP contribution in [0, 0.1) is 11.6 Å². The molecule has 2 aromatic rings. The molecular formula is C19H24F2N2. The van der Waals surface area contributed by atoms with Gasteiger partial charge in [0, 0.05) is 12.0 Å². The monoisotopic (exact) mass is 318 g/mol. The van der Waals surface area contributed by atoms with Crippen LogP contribution in [0.25, 0.3) is 0 Å². The highest BCUT2D eigenvalue weighted by atomic mass is 19.1. The minimum absolute atomic E-state index is 0.271. The van der Waals surface area contributed by atoms with Crippen molar-refractivity contribution >= 4 is 0 Å². The van der Waals surface area contributed by atoms with Crippen LogP contribution < -0.4 is 5.73 Å². The smallest absolute Gasteiger partial charge is 0.123 e. The normalized spacial score (nSPS) is 11.9. The van der Waals surface area contributed by atoms with E-state index in [4.69, 9.17) is 5.73 Å². The summed E-state index contributed by atoms with van der Waals surface area (Å²) < 4.78 is 26.6. The summed E-state index contributed by atoms with van der Waals surface area (Å²) in [6.07, 6.45) is 1.76. The Labute approximate surface area is 136 Å². The molecule has 0 aliphatic rings. The fraction of sp³-hybridized carbons (Fsp3) is 0.368. The van der Waals surface area contributed by atoms with Crippen LogP contribution in [-0.4, -0.2) is 32.1 Å². The number of nitrogens with two attached hydrogens (primary N) is 1. The Morgan fingerprint density at radius 3 is 1.65 bits per heavy atom. The molecule has 0 radical (unpaired) electrons. The van der Waals surface area contributed by atoms with Gasteiger partial charge in [0.2, 0.25) is 0 Å². The first-order valence-corrected chi connectivity index (χ1v) is 7.85. The Balaban J connectivity index is 2.42. The predicted molar refractivity (Wildman–Crippen MR) is 90.4 cm³/mol. The lowest BCUT2D eigenvalue weighted by atomic mass is 9.71. The maximum atomic E-state index is 13.3. The van der Waals surface area contributed by atoms with Crippen LogP contribution in [0.15, 0.2) is 48.5 Å². The molecule has 0 aromatic heterocycles. The molecule has 0 unspecified atom stereocenters. The largest absolute Gasteiger partial charge is 0.329 e. The van der Waals surface area contributed by atoms with Crippen molar-refractivity contribution < 1.29 is 8.78 Å². The zero-order valence-electron chi connectivity index (χ0n) is 13.7. The molecule has 0 fully saturated rings. The molecule has 124 valence electrons. The Bertz CT molecular complexity index is 561. The van der Waals surface area contributed by atoms with Crippen molar-refractivity contribution in [2.24, 2.45) is 5.73 Å². The molecule has 0 spiro atoms. The van der Waals surface area contributed by atoms with E-state index < -0.39 is 5.41 Å². The van der Waals surface area contributed by atoms with Crippen molar-refractivity contribution in [1.82, 2.24) is 4.90 Å². The highest BCUT2D eigenvalue weighted by molar-refractivity contribution is 5.40. The molecule has 0 saturated carbocycles. The number of nitrogens with zero attached hydrogens (tertiary/aromatic N) is 1. The van der Waals surface area contributed by atoms with Gasteiger partial charge in [-0.25, -0.2) is 8.78 Å². The van der Waals surface area contributed by atoms with Gasteiger partial charge >= 0.3 is 0 Å². The lowest BCUT2D eigenvalue weighted by Crippen LogP contribution is -2.37. The van der Waals surface area contributed by atoms with Crippen LogP contribution in [0.5, 0.6) is 0 Å². The summed E-state index contributed by atoms with van der Waals surface area (Å²) >= 11 is 0. The van der Waals surface area contributed by atoms with Gasteiger partial charge in [-0.15, -0.1) is 0 Å². The van der Waals surface area contributed by atoms with E-state index in [0.717, 1.165) is 30.5 Å². The summed E-state index contributed by atoms with van der Waals surface area (Å²) in [6.45, 7) is 1.32. The topological polar surface area (TPSA) is 29.3 Å². The van der Waals surface area contributed by atoms with Crippen molar-refractivity contribution in [3.63, 3.8) is 0 Å². The van der Waals surface area contributed by atoms with E-state index in [-0.39, 0.29) is 11.6 Å². The van der Waals surface area contributed by atoms with Crippen molar-refractivity contribution in [2.45, 2.75) is 18.3 Å². The van der Waals surface area contributed by atoms with Gasteiger partial charge in [-0.2, -0.15) is 0 Å². The van der Waals surface area contributed by atoms with E-state index in [1.54, 1.807) is 24.3 Å². The van der Waals surface area contributed by atoms with Crippen LogP contribution in [0.3, 0.4) is 0 Å². The SMILES string of the molecule is CN(C)CCCC(CN)(c1ccc(F)cc1)c1ccc(F)cc1. The minimum atomic E-state index is -0.433. The van der Waals surface area contributed by atoms with Crippen LogP contribution in [0.2, 0.25) is 0 Å². The molecule has 0 bridgehead atoms. The molecule has 0 atom stereocenters. The maximum Gasteiger partial charge on any atom is 0.123 e. The molecule has 0 saturated heterocycles. The van der Waals surface area contributed by atoms with E-state index in [2.05, 4.69) is 4.90 Å². The van der Waals surface area contributed by atoms with E-state index in [0.29, 0.717) is 6.54 Å². The van der Waals surface area contributed by atoms with Crippen LogP contribution in [0.4, 0.5) is 8.78 Å². The number of hydrogen-bond donors (Lipinski definition) is 1. The fourth-order valence-electron chi connectivity index (χ4n) is 3.03. The molecule has 23 heavy (non-hydrogen) atoms. The zero-order chi connectivity index (χ0) is 16.9. The van der Waals surface area contributed by atoms with Gasteiger partial charge in [0.1, 0.15) is 11.6 Å². The number of benzene rings is 2. The molecule has 0 amide bonds. The summed E-state index contributed by atoms with van der Waals surface area (Å²) in [7, 11) is 4.06. The number of halogens is 2. The first-order valence-electron chi connectivity index (χ1n) is 7.85. The van der Waals surface area contributed by atoms with Crippen molar-refractivity contribution in [3.05, 3.63) is 71.3 Å². The molecular weight excluding hydrogens is 294 g/mol. The summed E-state index contributed by atoms with van der Waals surface area (Å²) in [4.78, 5) is 2.12. The lowest BCUT2D eigenvalue weighted by molar-refractivity contribution is 0.362. The Morgan fingerprint density at radius 1 is 0.870 bits per heavy atom. The van der Waals surface area contributed by atoms with Crippen LogP contribution >= 0.6 is 0 Å². The van der Waals surface area contributed by atoms with Gasteiger partial charge in [0.05, 0.1) is 0 Å². The molecule has 2 aromatic carbocycles. The number of rotatable bonds is 7. The van der Waals surface area contributed by atoms with Gasteiger partial charge < -0.3 is 10.6 Å². The molecule has 0 aliphatic carbocycles. The van der Waals surface area contributed by atoms with Crippen LogP contribution in [-0.2, 0) is 5.41 Å². The lowest BCUT2D eigenvalue weighted by Gasteiger charge is -2.34. The van der Waals surface area contributed by atoms with Crippen molar-refractivity contribution in [3.8, 4) is 0 Å². The third-order valence-electron chi connectivity index (χ3n) is 4.35. The second-order valence-corrected chi connectivity index (χ2v) is 6.21. The highest BCUT2D eigenvalue weighted by Crippen LogP contribution is 2.36. The van der Waals surface area contributed by atoms with E-state index in [9.17, 15) is 8.78 Å². The predicted octanol–water partition coefficient (Wildman–Crippen LogP) is 3.55. The minimum Gasteiger partial charge on any atom is -0.329 e. The molecule has 2 rings (SSSR count). The highest BCUT2D eigenvalue weighted by Gasteiger charge is 2.32. The van der Waals surface area contributed by atoms with E-state index >= 15 is 0 Å². The number of hydrogen-bond acceptors (Lipinski definition) is 2. The summed E-state index contributed by atoms with van der Waals surface area (Å²) in [5, 5.41) is 0. The Morgan fingerprint density at radius 2 is 1.30 bits per heavy atom. The molecule has 2 N–H and O–H groups in total. The first-order chi connectivity index (χ1) is 11.0. The Hall–Kier alpha value is -1.78. The van der Waals surface area contributed by atoms with E-state index in [1.807, 2.05) is 14.1 Å². The van der Waals surface area contributed by atoms with Gasteiger partial charge in [-0.05, 0) is 68.9 Å². The molecule has 4 heteroatoms. The second kappa shape index (κ2) is 7.66. The van der Waals surface area contributed by atoms with Crippen molar-refractivity contribution in [2.75, 3.05) is 27.2 Å². The second-order valence-electron chi connectivity index (χ2n) is 6.21. The standard InChI is InChI=1S/C19H24F2N2/c1-23(2)13-3-12-19(14-22,15-4-8-17(20)9-5-15)16-6-10-18(21)11-7-16/h4-11H,3,12-14,22H2,1-2H3. The Kier molecular flexibility index (Phi) is 5.85. The third-order valence-corrected chi connectivity index (χ3v) is 4.35. The molecule has 2 nitrogen and oxygen atoms in total. The average Bonchev–Trinajstić information content (AvgIpc) is 2.53. The van der Waals surface area contributed by atoms with Gasteiger partial charge in [0.15, 0.2) is 0 Å². The van der Waals surface area contributed by atoms with Gasteiger partial charge in [-0.1, -0.05) is 24.3 Å². The fourth-order valence-corrected chi connectivity index (χ4v) is 3.03. The third kappa shape index (κ3) is 4.15. The summed E-state index contributed by atoms with van der Waals surface area (Å²) in [5.74, 6) is -0.542. The molecule has 0 heterocycles. The summed E-state index contributed by atoms with van der Waals surface area (Å²) in [6, 6.07) is 12.9. The average molecular weight is 318 g/mol. The first kappa shape index (κ1) is 17.6. The quantitative estimate of drug-likeness (QED) is 0.846. The van der Waals surface area contributed by atoms with Crippen LogP contribution in [0.1, 0.15) is 24.0 Å². The van der Waals surface area contributed by atoms with Gasteiger partial charge in [0.25, 0.3) is 0 Å². The van der Waals surface area contributed by atoms with E-state index in [1.165, 1.54) is 24.3 Å². The van der Waals surface area contributed by atoms with Crippen molar-refractivity contribution in [1.29, 1.82) is 0 Å². The maximum absolute atomic E-state index is 13.3. The van der Waals surface area contributed by atoms with Gasteiger partial charge in [-0.3, -0.25) is 0 Å². The summed E-state index contributed by atoms with van der Waals surface area (Å²) in [5.41, 5.74) is 7.66. The zero-order valence-corrected chi connectivity index (χ0v) is 13.7. The molecule has 0 aliphatic heterocycles.